The van der Waals surface area contributed by atoms with Crippen LogP contribution in [0.15, 0.2) is 0 Å². The second kappa shape index (κ2) is 3.87. The van der Waals surface area contributed by atoms with Crippen molar-refractivity contribution in [3.8, 4) is 0 Å². The minimum Gasteiger partial charge on any atom is -0.348 e. The Balaban J connectivity index is 2.13. The number of nitrogens with two attached hydrogens (primary N) is 1. The number of rotatable bonds is 4. The van der Waals surface area contributed by atoms with Crippen LogP contribution in [0.5, 0.6) is 0 Å². The van der Waals surface area contributed by atoms with Crippen molar-refractivity contribution in [2.45, 2.75) is 32.2 Å². The van der Waals surface area contributed by atoms with Gasteiger partial charge in [0.25, 0.3) is 0 Å². The Hall–Kier alpha value is -0.610. The SMILES string of the molecule is Cc1nc(N(C)C2CC2)sc1CCN. The van der Waals surface area contributed by atoms with E-state index in [1.165, 1.54) is 17.7 Å². The van der Waals surface area contributed by atoms with Crippen molar-refractivity contribution in [2.75, 3.05) is 18.5 Å². The molecule has 1 aliphatic carbocycles. The predicted molar refractivity (Wildman–Crippen MR) is 61.0 cm³/mol. The largest absolute Gasteiger partial charge is 0.348 e. The first-order valence-electron chi connectivity index (χ1n) is 5.11. The van der Waals surface area contributed by atoms with E-state index in [2.05, 4.69) is 23.9 Å². The minimum atomic E-state index is 0.718. The van der Waals surface area contributed by atoms with Crippen LogP contribution in [0.2, 0.25) is 0 Å². The monoisotopic (exact) mass is 211 g/mol. The van der Waals surface area contributed by atoms with Crippen LogP contribution in [0.3, 0.4) is 0 Å². The molecule has 1 heterocycles. The summed E-state index contributed by atoms with van der Waals surface area (Å²) in [4.78, 5) is 8.23. The summed E-state index contributed by atoms with van der Waals surface area (Å²) in [5.41, 5.74) is 6.71. The Labute approximate surface area is 88.9 Å². The predicted octanol–water partition coefficient (Wildman–Crippen LogP) is 1.55. The highest BCUT2D eigenvalue weighted by atomic mass is 32.1. The van der Waals surface area contributed by atoms with E-state index in [1.807, 2.05) is 0 Å². The lowest BCUT2D eigenvalue weighted by atomic mass is 10.3. The molecule has 1 saturated carbocycles. The van der Waals surface area contributed by atoms with Gasteiger partial charge in [-0.3, -0.25) is 0 Å². The Bertz CT molecular complexity index is 317. The second-order valence-corrected chi connectivity index (χ2v) is 4.95. The molecule has 78 valence electrons. The van der Waals surface area contributed by atoms with Gasteiger partial charge in [-0.05, 0) is 32.7 Å². The van der Waals surface area contributed by atoms with E-state index in [9.17, 15) is 0 Å². The third kappa shape index (κ3) is 1.91. The zero-order chi connectivity index (χ0) is 10.1. The maximum Gasteiger partial charge on any atom is 0.185 e. The van der Waals surface area contributed by atoms with E-state index < -0.39 is 0 Å². The smallest absolute Gasteiger partial charge is 0.185 e. The standard InChI is InChI=1S/C10H17N3S/c1-7-9(5-6-11)14-10(12-7)13(2)8-3-4-8/h8H,3-6,11H2,1-2H3. The van der Waals surface area contributed by atoms with Crippen LogP contribution in [0.25, 0.3) is 0 Å². The van der Waals surface area contributed by atoms with Crippen molar-refractivity contribution in [3.05, 3.63) is 10.6 Å². The fourth-order valence-electron chi connectivity index (χ4n) is 1.54. The topological polar surface area (TPSA) is 42.2 Å². The van der Waals surface area contributed by atoms with Crippen molar-refractivity contribution in [3.63, 3.8) is 0 Å². The average Bonchev–Trinajstić information content (AvgIpc) is 2.93. The van der Waals surface area contributed by atoms with Gasteiger partial charge in [0, 0.05) is 18.0 Å². The summed E-state index contributed by atoms with van der Waals surface area (Å²) in [6.07, 6.45) is 3.60. The molecule has 0 bridgehead atoms. The molecule has 1 aromatic heterocycles. The molecule has 2 rings (SSSR count). The fourth-order valence-corrected chi connectivity index (χ4v) is 2.65. The first-order valence-corrected chi connectivity index (χ1v) is 5.93. The van der Waals surface area contributed by atoms with Gasteiger partial charge >= 0.3 is 0 Å². The zero-order valence-electron chi connectivity index (χ0n) is 8.79. The van der Waals surface area contributed by atoms with Gasteiger partial charge in [-0.2, -0.15) is 0 Å². The second-order valence-electron chi connectivity index (χ2n) is 3.89. The molecule has 0 amide bonds. The van der Waals surface area contributed by atoms with Crippen molar-refractivity contribution >= 4 is 16.5 Å². The van der Waals surface area contributed by atoms with Gasteiger partial charge in [-0.25, -0.2) is 4.98 Å². The van der Waals surface area contributed by atoms with E-state index in [0.717, 1.165) is 29.8 Å². The lowest BCUT2D eigenvalue weighted by Crippen LogP contribution is -2.18. The van der Waals surface area contributed by atoms with Gasteiger partial charge in [0.15, 0.2) is 5.13 Å². The Kier molecular flexibility index (Phi) is 2.74. The fraction of sp³-hybridized carbons (Fsp3) is 0.700. The summed E-state index contributed by atoms with van der Waals surface area (Å²) in [5, 5.41) is 1.16. The highest BCUT2D eigenvalue weighted by Crippen LogP contribution is 2.33. The molecule has 0 aliphatic heterocycles. The Morgan fingerprint density at radius 3 is 2.86 bits per heavy atom. The number of aromatic nitrogens is 1. The highest BCUT2D eigenvalue weighted by molar-refractivity contribution is 7.15. The number of anilines is 1. The van der Waals surface area contributed by atoms with Crippen LogP contribution in [0, 0.1) is 6.92 Å². The van der Waals surface area contributed by atoms with E-state index >= 15 is 0 Å². The summed E-state index contributed by atoms with van der Waals surface area (Å²) < 4.78 is 0. The molecule has 1 fully saturated rings. The number of hydrogen-bond donors (Lipinski definition) is 1. The zero-order valence-corrected chi connectivity index (χ0v) is 9.60. The van der Waals surface area contributed by atoms with Crippen LogP contribution < -0.4 is 10.6 Å². The first kappa shape index (κ1) is 9.93. The summed E-state index contributed by atoms with van der Waals surface area (Å²) >= 11 is 1.80. The molecule has 1 aromatic rings. The third-order valence-electron chi connectivity index (χ3n) is 2.65. The van der Waals surface area contributed by atoms with Gasteiger partial charge < -0.3 is 10.6 Å². The van der Waals surface area contributed by atoms with E-state index in [-0.39, 0.29) is 0 Å². The molecule has 0 saturated heterocycles. The normalized spacial score (nSPS) is 15.9. The molecule has 2 N–H and O–H groups in total. The molecular weight excluding hydrogens is 194 g/mol. The van der Waals surface area contributed by atoms with Crippen molar-refractivity contribution < 1.29 is 0 Å². The number of thiazole rings is 1. The molecule has 4 heteroatoms. The van der Waals surface area contributed by atoms with Crippen LogP contribution in [-0.2, 0) is 6.42 Å². The van der Waals surface area contributed by atoms with Gasteiger partial charge in [0.2, 0.25) is 0 Å². The number of hydrogen-bond acceptors (Lipinski definition) is 4. The van der Waals surface area contributed by atoms with E-state index in [1.54, 1.807) is 11.3 Å². The first-order chi connectivity index (χ1) is 6.72. The summed E-state index contributed by atoms with van der Waals surface area (Å²) in [6.45, 7) is 2.79. The third-order valence-corrected chi connectivity index (χ3v) is 3.96. The molecule has 14 heavy (non-hydrogen) atoms. The van der Waals surface area contributed by atoms with Gasteiger partial charge in [-0.15, -0.1) is 11.3 Å². The van der Waals surface area contributed by atoms with Crippen molar-refractivity contribution in [1.82, 2.24) is 4.98 Å². The molecule has 3 nitrogen and oxygen atoms in total. The van der Waals surface area contributed by atoms with Crippen LogP contribution in [0.4, 0.5) is 5.13 Å². The summed E-state index contributed by atoms with van der Waals surface area (Å²) in [6, 6.07) is 0.742. The molecule has 1 aliphatic rings. The van der Waals surface area contributed by atoms with Gasteiger partial charge in [0.05, 0.1) is 5.69 Å². The molecular formula is C10H17N3S. The lowest BCUT2D eigenvalue weighted by molar-refractivity contribution is 0.903. The summed E-state index contributed by atoms with van der Waals surface area (Å²) in [7, 11) is 2.14. The molecule has 0 radical (unpaired) electrons. The Morgan fingerprint density at radius 1 is 1.57 bits per heavy atom. The van der Waals surface area contributed by atoms with Gasteiger partial charge in [0.1, 0.15) is 0 Å². The molecule has 0 aromatic carbocycles. The van der Waals surface area contributed by atoms with Crippen LogP contribution in [-0.4, -0.2) is 24.6 Å². The molecule has 0 spiro atoms. The highest BCUT2D eigenvalue weighted by Gasteiger charge is 2.28. The molecule has 0 atom stereocenters. The average molecular weight is 211 g/mol. The summed E-state index contributed by atoms with van der Waals surface area (Å²) in [5.74, 6) is 0. The maximum absolute atomic E-state index is 5.55. The molecule has 0 unspecified atom stereocenters. The van der Waals surface area contributed by atoms with Crippen molar-refractivity contribution in [2.24, 2.45) is 5.73 Å². The van der Waals surface area contributed by atoms with Crippen LogP contribution in [0.1, 0.15) is 23.4 Å². The van der Waals surface area contributed by atoms with Gasteiger partial charge in [-0.1, -0.05) is 0 Å². The number of aryl methyl sites for hydroxylation is 1. The van der Waals surface area contributed by atoms with E-state index in [0.29, 0.717) is 0 Å². The maximum atomic E-state index is 5.55. The minimum absolute atomic E-state index is 0.718. The lowest BCUT2D eigenvalue weighted by Gasteiger charge is -2.13. The van der Waals surface area contributed by atoms with E-state index in [4.69, 9.17) is 5.73 Å². The Morgan fingerprint density at radius 2 is 2.29 bits per heavy atom. The quantitative estimate of drug-likeness (QED) is 0.821. The van der Waals surface area contributed by atoms with Crippen LogP contribution >= 0.6 is 11.3 Å². The number of nitrogens with zero attached hydrogens (tertiary/aromatic N) is 2. The van der Waals surface area contributed by atoms with Crippen molar-refractivity contribution in [1.29, 1.82) is 0 Å².